The number of hydrogen-bond acceptors (Lipinski definition) is 2. The first-order valence-electron chi connectivity index (χ1n) is 8.15. The molecule has 21 heavy (non-hydrogen) atoms. The van der Waals surface area contributed by atoms with Gasteiger partial charge in [-0.3, -0.25) is 0 Å². The van der Waals surface area contributed by atoms with E-state index in [1.165, 1.54) is 24.8 Å². The number of benzene rings is 1. The Morgan fingerprint density at radius 2 is 2.05 bits per heavy atom. The van der Waals surface area contributed by atoms with Gasteiger partial charge in [0.05, 0.1) is 6.61 Å². The quantitative estimate of drug-likeness (QED) is 0.641. The van der Waals surface area contributed by atoms with Gasteiger partial charge in [-0.05, 0) is 49.3 Å². The summed E-state index contributed by atoms with van der Waals surface area (Å²) >= 11 is 0. The second-order valence-electron chi connectivity index (χ2n) is 6.34. The molecule has 2 atom stereocenters. The highest BCUT2D eigenvalue weighted by atomic mass is 16.3. The third-order valence-electron chi connectivity index (χ3n) is 4.48. The minimum absolute atomic E-state index is 0.0881. The van der Waals surface area contributed by atoms with E-state index in [2.05, 4.69) is 43.0 Å². The lowest BCUT2D eigenvalue weighted by Gasteiger charge is -2.20. The Bertz CT molecular complexity index is 497. The summed E-state index contributed by atoms with van der Waals surface area (Å²) in [5, 5.41) is 9.35. The molecule has 1 aromatic rings. The molecule has 0 radical (unpaired) electrons. The topological polar surface area (TPSA) is 46.2 Å². The Morgan fingerprint density at radius 3 is 2.67 bits per heavy atom. The molecule has 1 aromatic carbocycles. The van der Waals surface area contributed by atoms with Crippen molar-refractivity contribution in [1.82, 2.24) is 0 Å². The molecule has 114 valence electrons. The molecule has 2 rings (SSSR count). The van der Waals surface area contributed by atoms with Gasteiger partial charge in [0.15, 0.2) is 0 Å². The average molecular weight is 285 g/mol. The molecule has 0 unspecified atom stereocenters. The summed E-state index contributed by atoms with van der Waals surface area (Å²) in [5.74, 6) is 6.96. The van der Waals surface area contributed by atoms with Gasteiger partial charge in [-0.2, -0.15) is 0 Å². The van der Waals surface area contributed by atoms with Crippen molar-refractivity contribution in [2.24, 2.45) is 5.73 Å². The predicted molar refractivity (Wildman–Crippen MR) is 88.1 cm³/mol. The first kappa shape index (κ1) is 16.1. The molecule has 0 spiro atoms. The number of aliphatic hydroxyl groups excluding tert-OH is 1. The first-order chi connectivity index (χ1) is 10.2. The summed E-state index contributed by atoms with van der Waals surface area (Å²) in [6.45, 7) is 2.30. The van der Waals surface area contributed by atoms with Gasteiger partial charge in [-0.25, -0.2) is 0 Å². The van der Waals surface area contributed by atoms with E-state index < -0.39 is 0 Å². The molecule has 3 N–H and O–H groups in total. The van der Waals surface area contributed by atoms with Gasteiger partial charge in [-0.15, -0.1) is 0 Å². The van der Waals surface area contributed by atoms with E-state index in [0.717, 1.165) is 31.2 Å². The summed E-state index contributed by atoms with van der Waals surface area (Å²) in [5.41, 5.74) is 8.19. The number of aliphatic hydroxyl groups is 1. The number of nitrogens with two attached hydrogens (primary N) is 1. The van der Waals surface area contributed by atoms with Crippen LogP contribution >= 0.6 is 0 Å². The lowest BCUT2D eigenvalue weighted by molar-refractivity contribution is 0.198. The highest BCUT2D eigenvalue weighted by molar-refractivity contribution is 5.37. The molecule has 0 saturated heterocycles. The molecule has 1 saturated carbocycles. The van der Waals surface area contributed by atoms with Crippen LogP contribution in [0.3, 0.4) is 0 Å². The molecule has 1 aliphatic carbocycles. The van der Waals surface area contributed by atoms with Gasteiger partial charge in [0, 0.05) is 17.5 Å². The van der Waals surface area contributed by atoms with E-state index in [1.54, 1.807) is 0 Å². The van der Waals surface area contributed by atoms with Crippen LogP contribution in [0.5, 0.6) is 0 Å². The maximum atomic E-state index is 9.35. The summed E-state index contributed by atoms with van der Waals surface area (Å²) < 4.78 is 0. The van der Waals surface area contributed by atoms with Crippen molar-refractivity contribution in [1.29, 1.82) is 0 Å². The smallest absolute Gasteiger partial charge is 0.0611 e. The lowest BCUT2D eigenvalue weighted by Crippen LogP contribution is -2.40. The predicted octanol–water partition coefficient (Wildman–Crippen LogP) is 3.58. The maximum Gasteiger partial charge on any atom is 0.0611 e. The van der Waals surface area contributed by atoms with Crippen molar-refractivity contribution >= 4 is 0 Å². The molecule has 0 heterocycles. The van der Waals surface area contributed by atoms with E-state index in [0.29, 0.717) is 5.92 Å². The Hall–Kier alpha value is -1.30. The Balaban J connectivity index is 1.91. The zero-order valence-electron chi connectivity index (χ0n) is 13.1. The van der Waals surface area contributed by atoms with Gasteiger partial charge in [-0.1, -0.05) is 43.7 Å². The standard InChI is InChI=1S/C19H27NO/c1-2-3-4-5-6-7-16-8-10-17(11-9-16)18-12-13-19(20,14-18)15-21/h8-11,18,21H,2-5,12-15,20H2,1H3/t18-,19-/m1/s1. The maximum absolute atomic E-state index is 9.35. The van der Waals surface area contributed by atoms with Gasteiger partial charge < -0.3 is 10.8 Å². The number of rotatable bonds is 5. The minimum atomic E-state index is -0.373. The van der Waals surface area contributed by atoms with Crippen molar-refractivity contribution in [3.8, 4) is 11.8 Å². The van der Waals surface area contributed by atoms with E-state index in [4.69, 9.17) is 5.73 Å². The Labute approximate surface area is 128 Å². The van der Waals surface area contributed by atoms with E-state index in [-0.39, 0.29) is 12.1 Å². The summed E-state index contributed by atoms with van der Waals surface area (Å²) in [6, 6.07) is 8.56. The molecule has 1 aliphatic rings. The van der Waals surface area contributed by atoms with Crippen molar-refractivity contribution in [2.75, 3.05) is 6.61 Å². The number of unbranched alkanes of at least 4 members (excludes halogenated alkanes) is 3. The number of hydrogen-bond donors (Lipinski definition) is 2. The molecule has 2 heteroatoms. The fraction of sp³-hybridized carbons (Fsp3) is 0.579. The van der Waals surface area contributed by atoms with Crippen LogP contribution in [-0.2, 0) is 0 Å². The second kappa shape index (κ2) is 7.64. The van der Waals surface area contributed by atoms with Crippen LogP contribution in [0.2, 0.25) is 0 Å². The average Bonchev–Trinajstić information content (AvgIpc) is 2.91. The van der Waals surface area contributed by atoms with Crippen LogP contribution in [0.4, 0.5) is 0 Å². The van der Waals surface area contributed by atoms with E-state index in [1.807, 2.05) is 0 Å². The van der Waals surface area contributed by atoms with Gasteiger partial charge >= 0.3 is 0 Å². The van der Waals surface area contributed by atoms with Crippen LogP contribution in [0.25, 0.3) is 0 Å². The molecule has 2 nitrogen and oxygen atoms in total. The van der Waals surface area contributed by atoms with E-state index >= 15 is 0 Å². The monoisotopic (exact) mass is 285 g/mol. The minimum Gasteiger partial charge on any atom is -0.394 e. The van der Waals surface area contributed by atoms with Gasteiger partial charge in [0.1, 0.15) is 0 Å². The fourth-order valence-corrected chi connectivity index (χ4v) is 3.05. The van der Waals surface area contributed by atoms with Crippen LogP contribution in [0, 0.1) is 11.8 Å². The van der Waals surface area contributed by atoms with Crippen LogP contribution in [-0.4, -0.2) is 17.3 Å². The van der Waals surface area contributed by atoms with Gasteiger partial charge in [0.2, 0.25) is 0 Å². The van der Waals surface area contributed by atoms with Crippen LogP contribution in [0.15, 0.2) is 24.3 Å². The molecule has 0 amide bonds. The van der Waals surface area contributed by atoms with Crippen molar-refractivity contribution in [2.45, 2.75) is 63.3 Å². The van der Waals surface area contributed by atoms with Crippen LogP contribution in [0.1, 0.15) is 68.9 Å². The van der Waals surface area contributed by atoms with Crippen molar-refractivity contribution < 1.29 is 5.11 Å². The third kappa shape index (κ3) is 4.59. The normalized spacial score (nSPS) is 24.6. The fourth-order valence-electron chi connectivity index (χ4n) is 3.05. The third-order valence-corrected chi connectivity index (χ3v) is 4.48. The van der Waals surface area contributed by atoms with Crippen LogP contribution < -0.4 is 5.73 Å². The molecule has 1 fully saturated rings. The lowest BCUT2D eigenvalue weighted by atomic mass is 9.93. The molecule has 0 aliphatic heterocycles. The summed E-state index contributed by atoms with van der Waals surface area (Å²) in [4.78, 5) is 0. The highest BCUT2D eigenvalue weighted by Crippen LogP contribution is 2.39. The molecule has 0 bridgehead atoms. The van der Waals surface area contributed by atoms with E-state index in [9.17, 15) is 5.11 Å². The molecular formula is C19H27NO. The zero-order chi connectivity index (χ0) is 15.1. The van der Waals surface area contributed by atoms with Crippen molar-refractivity contribution in [3.63, 3.8) is 0 Å². The summed E-state index contributed by atoms with van der Waals surface area (Å²) in [6.07, 6.45) is 7.56. The summed E-state index contributed by atoms with van der Waals surface area (Å²) in [7, 11) is 0. The SMILES string of the molecule is CCCCCC#Cc1ccc([C@@H]2CC[C@](N)(CO)C2)cc1. The Morgan fingerprint density at radius 1 is 1.29 bits per heavy atom. The first-order valence-corrected chi connectivity index (χ1v) is 8.15. The highest BCUT2D eigenvalue weighted by Gasteiger charge is 2.35. The Kier molecular flexibility index (Phi) is 5.85. The van der Waals surface area contributed by atoms with Crippen molar-refractivity contribution in [3.05, 3.63) is 35.4 Å². The second-order valence-corrected chi connectivity index (χ2v) is 6.34. The zero-order valence-corrected chi connectivity index (χ0v) is 13.1. The van der Waals surface area contributed by atoms with Gasteiger partial charge in [0.25, 0.3) is 0 Å². The molecule has 0 aromatic heterocycles. The largest absolute Gasteiger partial charge is 0.394 e. The molecular weight excluding hydrogens is 258 g/mol.